The van der Waals surface area contributed by atoms with Gasteiger partial charge in [-0.1, -0.05) is 36.1 Å². The van der Waals surface area contributed by atoms with Crippen LogP contribution in [0.4, 0.5) is 0 Å². The highest BCUT2D eigenvalue weighted by Crippen LogP contribution is 2.16. The van der Waals surface area contributed by atoms with Crippen molar-refractivity contribution in [2.24, 2.45) is 0 Å². The maximum atomic E-state index is 12.1. The van der Waals surface area contributed by atoms with Crippen molar-refractivity contribution in [1.29, 1.82) is 0 Å². The molecule has 1 N–H and O–H groups in total. The molecule has 0 aromatic heterocycles. The molecule has 0 radical (unpaired) electrons. The molecule has 1 amide bonds. The van der Waals surface area contributed by atoms with Gasteiger partial charge < -0.3 is 10.1 Å². The Bertz CT molecular complexity index is 767. The summed E-state index contributed by atoms with van der Waals surface area (Å²) >= 11 is 0. The summed E-state index contributed by atoms with van der Waals surface area (Å²) in [7, 11) is 1.52. The summed E-state index contributed by atoms with van der Waals surface area (Å²) in [6.45, 7) is 1.75. The van der Waals surface area contributed by atoms with E-state index in [1.807, 2.05) is 0 Å². The van der Waals surface area contributed by atoms with Crippen LogP contribution in [0, 0.1) is 11.8 Å². The summed E-state index contributed by atoms with van der Waals surface area (Å²) in [6, 6.07) is 14.1. The number of rotatable bonds is 4. The van der Waals surface area contributed by atoms with E-state index in [2.05, 4.69) is 17.2 Å². The Labute approximate surface area is 135 Å². The highest BCUT2D eigenvalue weighted by molar-refractivity contribution is 5.97. The summed E-state index contributed by atoms with van der Waals surface area (Å²) in [6.07, 6.45) is 0. The smallest absolute Gasteiger partial charge is 0.255 e. The second-order valence-electron chi connectivity index (χ2n) is 4.82. The van der Waals surface area contributed by atoms with Crippen LogP contribution in [0.1, 0.15) is 33.2 Å². The number of hydrogen-bond donors (Lipinski definition) is 1. The largest absolute Gasteiger partial charge is 0.496 e. The molecule has 2 aromatic carbocycles. The highest BCUT2D eigenvalue weighted by Gasteiger charge is 2.09. The van der Waals surface area contributed by atoms with Crippen LogP contribution in [0.15, 0.2) is 48.5 Å². The lowest BCUT2D eigenvalue weighted by Crippen LogP contribution is -2.24. The molecular weight excluding hydrogens is 290 g/mol. The van der Waals surface area contributed by atoms with Gasteiger partial charge in [-0.3, -0.25) is 9.59 Å². The van der Waals surface area contributed by atoms with Crippen LogP contribution in [0.3, 0.4) is 0 Å². The Hall–Kier alpha value is -3.06. The van der Waals surface area contributed by atoms with Crippen molar-refractivity contribution in [3.8, 4) is 17.6 Å². The molecule has 0 unspecified atom stereocenters. The molecule has 23 heavy (non-hydrogen) atoms. The van der Waals surface area contributed by atoms with E-state index in [4.69, 9.17) is 4.74 Å². The zero-order valence-corrected chi connectivity index (χ0v) is 13.1. The monoisotopic (exact) mass is 307 g/mol. The Morgan fingerprint density at radius 3 is 2.43 bits per heavy atom. The van der Waals surface area contributed by atoms with Gasteiger partial charge in [0.2, 0.25) is 0 Å². The maximum absolute atomic E-state index is 12.1. The predicted molar refractivity (Wildman–Crippen MR) is 88.7 cm³/mol. The normalized spacial score (nSPS) is 9.48. The molecule has 0 heterocycles. The molecule has 4 heteroatoms. The van der Waals surface area contributed by atoms with Gasteiger partial charge in [-0.2, -0.15) is 0 Å². The molecule has 116 valence electrons. The molecule has 2 rings (SSSR count). The van der Waals surface area contributed by atoms with Crippen molar-refractivity contribution >= 4 is 11.7 Å². The topological polar surface area (TPSA) is 55.4 Å². The van der Waals surface area contributed by atoms with E-state index in [1.54, 1.807) is 48.5 Å². The van der Waals surface area contributed by atoms with Crippen LogP contribution in [0.2, 0.25) is 0 Å². The van der Waals surface area contributed by atoms with Crippen molar-refractivity contribution in [2.75, 3.05) is 13.7 Å². The van der Waals surface area contributed by atoms with E-state index in [9.17, 15) is 9.59 Å². The first-order chi connectivity index (χ1) is 11.1. The summed E-state index contributed by atoms with van der Waals surface area (Å²) in [5.41, 5.74) is 1.92. The third kappa shape index (κ3) is 4.45. The second kappa shape index (κ2) is 7.81. The standard InChI is InChI=1S/C19H17NO3/c1-14(21)16-11-9-15(10-12-16)6-5-13-20-19(22)17-7-3-4-8-18(17)23-2/h3-4,7-12H,13H2,1-2H3,(H,20,22). The fourth-order valence-corrected chi connectivity index (χ4v) is 1.99. The van der Waals surface area contributed by atoms with Crippen molar-refractivity contribution in [3.05, 3.63) is 65.2 Å². The van der Waals surface area contributed by atoms with Gasteiger partial charge in [-0.15, -0.1) is 0 Å². The molecule has 0 saturated heterocycles. The maximum Gasteiger partial charge on any atom is 0.255 e. The molecule has 0 aliphatic carbocycles. The quantitative estimate of drug-likeness (QED) is 0.698. The molecule has 0 fully saturated rings. The van der Waals surface area contributed by atoms with Gasteiger partial charge in [-0.05, 0) is 31.2 Å². The second-order valence-corrected chi connectivity index (χ2v) is 4.82. The lowest BCUT2D eigenvalue weighted by Gasteiger charge is -2.06. The van der Waals surface area contributed by atoms with E-state index >= 15 is 0 Å². The number of carbonyl (C=O) groups is 2. The number of ketones is 1. The third-order valence-corrected chi connectivity index (χ3v) is 3.21. The average molecular weight is 307 g/mol. The minimum atomic E-state index is -0.233. The first kappa shape index (κ1) is 16.3. The Kier molecular flexibility index (Phi) is 5.54. The van der Waals surface area contributed by atoms with Gasteiger partial charge in [0.25, 0.3) is 5.91 Å². The number of hydrogen-bond acceptors (Lipinski definition) is 3. The molecule has 0 atom stereocenters. The number of ether oxygens (including phenoxy) is 1. The SMILES string of the molecule is COc1ccccc1C(=O)NCC#Cc1ccc(C(C)=O)cc1. The van der Waals surface area contributed by atoms with Crippen LogP contribution in [-0.2, 0) is 0 Å². The lowest BCUT2D eigenvalue weighted by atomic mass is 10.1. The summed E-state index contributed by atoms with van der Waals surface area (Å²) in [4.78, 5) is 23.2. The van der Waals surface area contributed by atoms with E-state index in [0.717, 1.165) is 5.56 Å². The third-order valence-electron chi connectivity index (χ3n) is 3.21. The summed E-state index contributed by atoms with van der Waals surface area (Å²) in [5.74, 6) is 6.13. The van der Waals surface area contributed by atoms with E-state index in [0.29, 0.717) is 16.9 Å². The van der Waals surface area contributed by atoms with Crippen molar-refractivity contribution < 1.29 is 14.3 Å². The number of benzene rings is 2. The molecule has 0 spiro atoms. The number of nitrogens with one attached hydrogen (secondary N) is 1. The Morgan fingerprint density at radius 2 is 1.78 bits per heavy atom. The minimum absolute atomic E-state index is 0.0218. The van der Waals surface area contributed by atoms with Gasteiger partial charge in [0.15, 0.2) is 5.78 Å². The van der Waals surface area contributed by atoms with E-state index in [1.165, 1.54) is 14.0 Å². The average Bonchev–Trinajstić information content (AvgIpc) is 2.58. The fraction of sp³-hybridized carbons (Fsp3) is 0.158. The zero-order valence-electron chi connectivity index (χ0n) is 13.1. The molecular formula is C19H17NO3. The first-order valence-corrected chi connectivity index (χ1v) is 7.13. The van der Waals surface area contributed by atoms with Crippen LogP contribution in [0.25, 0.3) is 0 Å². The van der Waals surface area contributed by atoms with Crippen molar-refractivity contribution in [3.63, 3.8) is 0 Å². The van der Waals surface area contributed by atoms with Gasteiger partial charge in [0.05, 0.1) is 19.2 Å². The number of Topliss-reactive ketones (excluding diaryl/α,β-unsaturated/α-hetero) is 1. The summed E-state index contributed by atoms with van der Waals surface area (Å²) in [5, 5.41) is 2.73. The minimum Gasteiger partial charge on any atom is -0.496 e. The lowest BCUT2D eigenvalue weighted by molar-refractivity contribution is 0.0954. The van der Waals surface area contributed by atoms with Crippen LogP contribution >= 0.6 is 0 Å². The Balaban J connectivity index is 1.95. The summed E-state index contributed by atoms with van der Waals surface area (Å²) < 4.78 is 5.15. The van der Waals surface area contributed by atoms with Gasteiger partial charge in [-0.25, -0.2) is 0 Å². The molecule has 2 aromatic rings. The molecule has 0 bridgehead atoms. The number of methoxy groups -OCH3 is 1. The number of carbonyl (C=O) groups excluding carboxylic acids is 2. The van der Waals surface area contributed by atoms with Crippen LogP contribution in [0.5, 0.6) is 5.75 Å². The zero-order chi connectivity index (χ0) is 16.7. The van der Waals surface area contributed by atoms with Gasteiger partial charge >= 0.3 is 0 Å². The predicted octanol–water partition coefficient (Wildman–Crippen LogP) is 2.68. The van der Waals surface area contributed by atoms with Crippen molar-refractivity contribution in [2.45, 2.75) is 6.92 Å². The van der Waals surface area contributed by atoms with Gasteiger partial charge in [0, 0.05) is 11.1 Å². The molecule has 0 saturated carbocycles. The molecule has 4 nitrogen and oxygen atoms in total. The van der Waals surface area contributed by atoms with Crippen molar-refractivity contribution in [1.82, 2.24) is 5.32 Å². The van der Waals surface area contributed by atoms with Crippen LogP contribution < -0.4 is 10.1 Å². The fourth-order valence-electron chi connectivity index (χ4n) is 1.99. The molecule has 0 aliphatic rings. The van der Waals surface area contributed by atoms with Gasteiger partial charge in [0.1, 0.15) is 5.75 Å². The first-order valence-electron chi connectivity index (χ1n) is 7.13. The Morgan fingerprint density at radius 1 is 1.09 bits per heavy atom. The number of amides is 1. The highest BCUT2D eigenvalue weighted by atomic mass is 16.5. The van der Waals surface area contributed by atoms with Crippen LogP contribution in [-0.4, -0.2) is 25.3 Å². The number of para-hydroxylation sites is 1. The van der Waals surface area contributed by atoms with E-state index < -0.39 is 0 Å². The molecule has 0 aliphatic heterocycles. The van der Waals surface area contributed by atoms with E-state index in [-0.39, 0.29) is 18.2 Å².